The minimum Gasteiger partial charge on any atom is -0.356 e. The standard InChI is InChI=1S/C62H62BN3Si2.C44H36BClN2.C18H27NSi2.CH4/c1-61-37-15-16-38-62(61,2)66-58-42-50(64(47-28-32-51(33-29-47)67(3,4)5)48-30-34-52(35-31-48)68(6,7)8)41-57-59(58)63(55-26-18-25-53(61)60(55)66)54-36-27-46(44-21-13-10-14-22-44)40-56(54)65(57)49-24-17-23-45(39-49)43-19-11-9-12-20-43;1-43-23-9-10-24-44(43,2)48-40-28-33(46)27-39-41(40)45(37-20-12-19-35(43)42(37)48)36-22-21-32(30-15-7-4-8-16-30)26-38(36)47(39)34-18-11-17-31(25-34)29-13-5-3-6-14-29;1-20(2,3)17-11-7-15(8-12-17)19-16-9-13-18(14-10-16)21(4,5)6;/h9-14,17-36,39-42H,15-16,37-38H2,1-8H3;3-8,11-22,25-28H,9-10,23-24H2,1-2H3;7-14,19H,1-6H3;1H4. The molecule has 688 valence electrons. The number of rotatable bonds is 15. The molecule has 2 saturated carbocycles. The molecular formula is C125H129B2ClN6Si4. The summed E-state index contributed by atoms with van der Waals surface area (Å²) in [5, 5.41) is 10.2. The molecule has 24 rings (SSSR count). The Balaban J connectivity index is 0.000000140. The predicted octanol–water partition coefficient (Wildman–Crippen LogP) is 29.1. The first-order valence-corrected chi connectivity index (χ1v) is 64.4. The van der Waals surface area contributed by atoms with E-state index < -0.39 is 32.3 Å². The Labute approximate surface area is 831 Å². The zero-order valence-electron chi connectivity index (χ0n) is 82.6. The third-order valence-electron chi connectivity index (χ3n) is 32.5. The van der Waals surface area contributed by atoms with Crippen molar-refractivity contribution in [2.24, 2.45) is 0 Å². The fourth-order valence-electron chi connectivity index (χ4n) is 24.7. The minimum absolute atomic E-state index is 0. The summed E-state index contributed by atoms with van der Waals surface area (Å²) in [6, 6.07) is 137. The van der Waals surface area contributed by atoms with Crippen molar-refractivity contribution in [3.8, 4) is 44.5 Å². The van der Waals surface area contributed by atoms with Crippen molar-refractivity contribution in [2.45, 2.75) is 187 Å². The van der Waals surface area contributed by atoms with Gasteiger partial charge in [0.2, 0.25) is 0 Å². The second kappa shape index (κ2) is 34.9. The second-order valence-electron chi connectivity index (χ2n) is 44.9. The van der Waals surface area contributed by atoms with Crippen LogP contribution in [0.5, 0.6) is 0 Å². The lowest BCUT2D eigenvalue weighted by Gasteiger charge is -2.53. The number of nitrogens with zero attached hydrogens (tertiary/aromatic N) is 5. The molecule has 6 nitrogen and oxygen atoms in total. The van der Waals surface area contributed by atoms with Crippen molar-refractivity contribution in [3.63, 3.8) is 0 Å². The monoisotopic (exact) mass is 1880 g/mol. The molecule has 1 N–H and O–H groups in total. The van der Waals surface area contributed by atoms with Gasteiger partial charge < -0.3 is 29.8 Å². The summed E-state index contributed by atoms with van der Waals surface area (Å²) in [6.45, 7) is 39.4. The molecule has 16 aromatic rings. The van der Waals surface area contributed by atoms with Crippen molar-refractivity contribution < 1.29 is 0 Å². The first-order valence-electron chi connectivity index (χ1n) is 50.0. The molecule has 8 aliphatic rings. The SMILES string of the molecule is C.CC12CCCCC1(C)N1c3cc(Cl)cc4c3B(c3ccc(-c5ccccc5)cc3N4c3cccc(-c4ccccc4)c3)c3cccc2c31.CC12CCCCC1(C)N1c3cc(N(c4ccc([Si](C)(C)C)cc4)c4ccc([Si](C)(C)C)cc4)cc4c3B(c3ccc(-c5ccccc5)cc3N4c3cccc(-c4ccccc4)c3)c3cccc2c31.C[Si](C)(C)c1ccc(Nc2ccc([Si](C)(C)C)cc2)cc1. The molecule has 16 aromatic carbocycles. The Bertz CT molecular complexity index is 7230. The summed E-state index contributed by atoms with van der Waals surface area (Å²) < 4.78 is 0. The van der Waals surface area contributed by atoms with E-state index in [9.17, 15) is 0 Å². The molecule has 0 bridgehead atoms. The van der Waals surface area contributed by atoms with Crippen molar-refractivity contribution >= 4 is 196 Å². The largest absolute Gasteiger partial charge is 0.356 e. The summed E-state index contributed by atoms with van der Waals surface area (Å²) >= 11 is 7.23. The molecule has 0 aromatic heterocycles. The summed E-state index contributed by atoms with van der Waals surface area (Å²) in [5.41, 5.74) is 39.6. The van der Waals surface area contributed by atoms with Crippen LogP contribution in [-0.2, 0) is 10.8 Å². The van der Waals surface area contributed by atoms with E-state index >= 15 is 0 Å². The highest BCUT2D eigenvalue weighted by Crippen LogP contribution is 2.65. The molecule has 13 heteroatoms. The quantitative estimate of drug-likeness (QED) is 0.103. The number of hydrogen-bond donors (Lipinski definition) is 1. The van der Waals surface area contributed by atoms with E-state index in [0.29, 0.717) is 0 Å². The van der Waals surface area contributed by atoms with E-state index in [1.54, 1.807) is 0 Å². The van der Waals surface area contributed by atoms with Crippen LogP contribution in [0.15, 0.2) is 364 Å². The molecule has 0 spiro atoms. The maximum Gasteiger partial charge on any atom is 0.252 e. The lowest BCUT2D eigenvalue weighted by Crippen LogP contribution is -2.64. The third-order valence-corrected chi connectivity index (χ3v) is 41.0. The van der Waals surface area contributed by atoms with Crippen LogP contribution in [0.25, 0.3) is 44.5 Å². The van der Waals surface area contributed by atoms with Gasteiger partial charge in [0, 0.05) is 95.5 Å². The Morgan fingerprint density at radius 3 is 0.964 bits per heavy atom. The van der Waals surface area contributed by atoms with Crippen LogP contribution in [0.1, 0.15) is 97.6 Å². The molecular weight excluding hydrogens is 1750 g/mol. The zero-order chi connectivity index (χ0) is 94.6. The van der Waals surface area contributed by atoms with Gasteiger partial charge >= 0.3 is 0 Å². The smallest absolute Gasteiger partial charge is 0.252 e. The van der Waals surface area contributed by atoms with Crippen LogP contribution in [0.3, 0.4) is 0 Å². The average Bonchev–Trinajstić information content (AvgIpc) is 1.50. The van der Waals surface area contributed by atoms with E-state index in [1.165, 1.54) is 217 Å². The lowest BCUT2D eigenvalue weighted by atomic mass is 9.33. The molecule has 4 unspecified atom stereocenters. The van der Waals surface area contributed by atoms with Crippen LogP contribution in [0.4, 0.5) is 85.3 Å². The summed E-state index contributed by atoms with van der Waals surface area (Å²) in [4.78, 5) is 13.3. The molecule has 2 fully saturated rings. The van der Waals surface area contributed by atoms with Crippen LogP contribution >= 0.6 is 11.6 Å². The van der Waals surface area contributed by atoms with Gasteiger partial charge in [-0.25, -0.2) is 0 Å². The Morgan fingerprint density at radius 1 is 0.283 bits per heavy atom. The maximum atomic E-state index is 7.23. The normalized spacial score (nSPS) is 18.6. The highest BCUT2D eigenvalue weighted by Gasteiger charge is 2.64. The number of nitrogens with one attached hydrogen (secondary N) is 1. The average molecular weight is 1880 g/mol. The first kappa shape index (κ1) is 92.0. The Kier molecular flexibility index (Phi) is 23.3. The predicted molar refractivity (Wildman–Crippen MR) is 613 cm³/mol. The molecule has 2 aliphatic carbocycles. The van der Waals surface area contributed by atoms with Gasteiger partial charge in [-0.3, -0.25) is 0 Å². The number of fused-ring (bicyclic) bond motifs is 14. The maximum absolute atomic E-state index is 7.23. The summed E-state index contributed by atoms with van der Waals surface area (Å²) in [6.07, 6.45) is 9.75. The number of hydrogen-bond acceptors (Lipinski definition) is 6. The molecule has 0 saturated heterocycles. The van der Waals surface area contributed by atoms with E-state index in [4.69, 9.17) is 11.6 Å². The van der Waals surface area contributed by atoms with Gasteiger partial charge in [0.15, 0.2) is 0 Å². The zero-order valence-corrected chi connectivity index (χ0v) is 87.3. The van der Waals surface area contributed by atoms with Gasteiger partial charge in [-0.05, 0) is 237 Å². The van der Waals surface area contributed by atoms with Crippen LogP contribution in [0, 0.1) is 0 Å². The van der Waals surface area contributed by atoms with E-state index in [2.05, 4.69) is 500 Å². The van der Waals surface area contributed by atoms with Crippen LogP contribution < -0.4 is 83.3 Å². The van der Waals surface area contributed by atoms with E-state index in [0.717, 1.165) is 34.2 Å². The fourth-order valence-corrected chi connectivity index (χ4v) is 29.5. The molecule has 4 atom stereocenters. The molecule has 6 aliphatic heterocycles. The molecule has 6 heterocycles. The molecule has 138 heavy (non-hydrogen) atoms. The lowest BCUT2D eigenvalue weighted by molar-refractivity contribution is 0.195. The first-order chi connectivity index (χ1) is 65.8. The topological polar surface area (TPSA) is 28.2 Å². The minimum atomic E-state index is -1.55. The summed E-state index contributed by atoms with van der Waals surface area (Å²) in [5.74, 6) is 0. The molecule has 0 radical (unpaired) electrons. The van der Waals surface area contributed by atoms with Crippen LogP contribution in [0.2, 0.25) is 83.6 Å². The van der Waals surface area contributed by atoms with Gasteiger partial charge in [0.05, 0.1) is 49.1 Å². The van der Waals surface area contributed by atoms with Crippen LogP contribution in [-0.4, -0.2) is 56.8 Å². The second-order valence-corrected chi connectivity index (χ2v) is 65.6. The molecule has 0 amide bonds. The highest BCUT2D eigenvalue weighted by atomic mass is 35.5. The van der Waals surface area contributed by atoms with Gasteiger partial charge in [0.25, 0.3) is 13.4 Å². The van der Waals surface area contributed by atoms with Gasteiger partial charge in [-0.2, -0.15) is 0 Å². The van der Waals surface area contributed by atoms with Crippen molar-refractivity contribution in [3.05, 3.63) is 380 Å². The Morgan fingerprint density at radius 2 is 0.594 bits per heavy atom. The van der Waals surface area contributed by atoms with Crippen molar-refractivity contribution in [1.29, 1.82) is 0 Å². The highest BCUT2D eigenvalue weighted by molar-refractivity contribution is 7.01. The number of anilines is 15. The van der Waals surface area contributed by atoms with E-state index in [1.807, 2.05) is 0 Å². The number of para-hydroxylation sites is 2. The third kappa shape index (κ3) is 15.6. The van der Waals surface area contributed by atoms with E-state index in [-0.39, 0.29) is 42.8 Å². The van der Waals surface area contributed by atoms with Crippen molar-refractivity contribution in [1.82, 2.24) is 0 Å². The number of halogens is 1. The van der Waals surface area contributed by atoms with Gasteiger partial charge in [-0.15, -0.1) is 0 Å². The summed E-state index contributed by atoms with van der Waals surface area (Å²) in [7, 11) is -5.51. The fraction of sp³-hybridized carbons (Fsp3) is 0.232. The Hall–Kier alpha value is -12.4. The van der Waals surface area contributed by atoms with Crippen molar-refractivity contribution in [2.75, 3.05) is 29.8 Å². The number of benzene rings is 16. The van der Waals surface area contributed by atoms with Gasteiger partial charge in [0.1, 0.15) is 0 Å². The van der Waals surface area contributed by atoms with Gasteiger partial charge in [-0.1, -0.05) is 413 Å².